The van der Waals surface area contributed by atoms with Gasteiger partial charge in [-0.25, -0.2) is 4.98 Å². The predicted octanol–water partition coefficient (Wildman–Crippen LogP) is 5.04. The molecule has 6 rings (SSSR count). The van der Waals surface area contributed by atoms with E-state index in [0.717, 1.165) is 81.1 Å². The van der Waals surface area contributed by atoms with Gasteiger partial charge in [0.15, 0.2) is 0 Å². The lowest BCUT2D eigenvalue weighted by molar-refractivity contribution is 0.0923. The molecule has 0 radical (unpaired) electrons. The Morgan fingerprint density at radius 1 is 0.935 bits per heavy atom. The van der Waals surface area contributed by atoms with Crippen LogP contribution in [0.1, 0.15) is 71.4 Å². The Morgan fingerprint density at radius 2 is 1.65 bits per heavy atom. The Labute approximate surface area is 273 Å². The molecule has 3 fully saturated rings. The van der Waals surface area contributed by atoms with Gasteiger partial charge in [-0.2, -0.15) is 0 Å². The minimum Gasteiger partial charge on any atom is -0.496 e. The van der Waals surface area contributed by atoms with Crippen LogP contribution in [0.4, 0.5) is 11.5 Å². The zero-order valence-electron chi connectivity index (χ0n) is 27.7. The molecule has 0 aliphatic carbocycles. The Bertz CT molecular complexity index is 1490. The van der Waals surface area contributed by atoms with Gasteiger partial charge in [0, 0.05) is 80.4 Å². The van der Waals surface area contributed by atoms with Crippen molar-refractivity contribution in [1.29, 1.82) is 0 Å². The second-order valence-corrected chi connectivity index (χ2v) is 13.5. The molecule has 3 aliphatic rings. The maximum Gasteiger partial charge on any atom is 0.253 e. The summed E-state index contributed by atoms with van der Waals surface area (Å²) in [4.78, 5) is 38.2. The van der Waals surface area contributed by atoms with Crippen molar-refractivity contribution in [2.75, 3.05) is 49.6 Å². The van der Waals surface area contributed by atoms with Crippen molar-refractivity contribution in [2.24, 2.45) is 5.92 Å². The number of piperazine rings is 1. The first-order valence-electron chi connectivity index (χ1n) is 16.8. The summed E-state index contributed by atoms with van der Waals surface area (Å²) in [6.07, 6.45) is 5.59. The van der Waals surface area contributed by atoms with E-state index in [2.05, 4.69) is 63.4 Å². The molecule has 1 aromatic heterocycles. The third kappa shape index (κ3) is 7.15. The van der Waals surface area contributed by atoms with Crippen molar-refractivity contribution in [3.63, 3.8) is 0 Å². The molecule has 9 heteroatoms. The number of rotatable bonds is 10. The van der Waals surface area contributed by atoms with Gasteiger partial charge < -0.3 is 25.2 Å². The predicted molar refractivity (Wildman–Crippen MR) is 183 cm³/mol. The van der Waals surface area contributed by atoms with Crippen molar-refractivity contribution in [3.8, 4) is 5.75 Å². The van der Waals surface area contributed by atoms with E-state index in [0.29, 0.717) is 35.7 Å². The van der Waals surface area contributed by atoms with E-state index in [9.17, 15) is 9.59 Å². The first-order valence-corrected chi connectivity index (χ1v) is 16.8. The van der Waals surface area contributed by atoms with Crippen LogP contribution in [0.5, 0.6) is 5.75 Å². The van der Waals surface area contributed by atoms with Gasteiger partial charge >= 0.3 is 0 Å². The number of aromatic nitrogens is 1. The number of anilines is 2. The summed E-state index contributed by atoms with van der Waals surface area (Å²) in [6.45, 7) is 12.4. The number of hydrogen-bond acceptors (Lipinski definition) is 7. The normalized spacial score (nSPS) is 21.4. The molecule has 2 bridgehead atoms. The quantitative estimate of drug-likeness (QED) is 0.327. The highest BCUT2D eigenvalue weighted by Crippen LogP contribution is 2.38. The fraction of sp³-hybridized carbons (Fsp3) is 0.486. The number of ether oxygens (including phenoxy) is 1. The second-order valence-electron chi connectivity index (χ2n) is 13.5. The van der Waals surface area contributed by atoms with Crippen molar-refractivity contribution >= 4 is 23.3 Å². The molecule has 2 atom stereocenters. The first-order chi connectivity index (χ1) is 22.3. The topological polar surface area (TPSA) is 90.0 Å². The van der Waals surface area contributed by atoms with E-state index >= 15 is 0 Å². The number of methoxy groups -OCH3 is 1. The lowest BCUT2D eigenvalue weighted by atomic mass is 9.96. The zero-order chi connectivity index (χ0) is 32.2. The van der Waals surface area contributed by atoms with Gasteiger partial charge in [0.25, 0.3) is 11.8 Å². The molecule has 2 unspecified atom stereocenters. The lowest BCUT2D eigenvalue weighted by Crippen LogP contribution is -2.50. The van der Waals surface area contributed by atoms with Crippen LogP contribution in [-0.4, -0.2) is 79.7 Å². The van der Waals surface area contributed by atoms with E-state index in [1.165, 1.54) is 5.69 Å². The number of nitrogens with zero attached hydrogens (tertiary/aromatic N) is 4. The third-order valence-electron chi connectivity index (χ3n) is 9.84. The highest BCUT2D eigenvalue weighted by Gasteiger charge is 2.42. The van der Waals surface area contributed by atoms with Crippen molar-refractivity contribution in [2.45, 2.75) is 71.1 Å². The molecular formula is C37H48N6O3. The molecule has 4 heterocycles. The van der Waals surface area contributed by atoms with Crippen LogP contribution >= 0.6 is 0 Å². The van der Waals surface area contributed by atoms with Crippen LogP contribution < -0.4 is 25.2 Å². The van der Waals surface area contributed by atoms with E-state index in [1.807, 2.05) is 37.3 Å². The molecule has 2 N–H and O–H groups in total. The summed E-state index contributed by atoms with van der Waals surface area (Å²) in [5.41, 5.74) is 4.39. The van der Waals surface area contributed by atoms with Crippen molar-refractivity contribution in [1.82, 2.24) is 20.5 Å². The second kappa shape index (κ2) is 14.1. The number of pyridine rings is 1. The van der Waals surface area contributed by atoms with E-state index in [1.54, 1.807) is 13.3 Å². The Hall–Kier alpha value is -4.11. The zero-order valence-corrected chi connectivity index (χ0v) is 27.7. The molecule has 46 heavy (non-hydrogen) atoms. The number of carbonyl (C=O) groups is 2. The molecule has 9 nitrogen and oxygen atoms in total. The van der Waals surface area contributed by atoms with Gasteiger partial charge in [0.2, 0.25) is 0 Å². The molecule has 0 saturated carbocycles. The average molecular weight is 625 g/mol. The molecule has 2 aromatic carbocycles. The Kier molecular flexibility index (Phi) is 9.78. The minimum absolute atomic E-state index is 0.0470. The van der Waals surface area contributed by atoms with Gasteiger partial charge in [-0.1, -0.05) is 32.0 Å². The van der Waals surface area contributed by atoms with Crippen molar-refractivity contribution < 1.29 is 14.3 Å². The van der Waals surface area contributed by atoms with E-state index in [-0.39, 0.29) is 17.9 Å². The molecule has 2 amide bonds. The van der Waals surface area contributed by atoms with E-state index in [4.69, 9.17) is 9.72 Å². The molecular weight excluding hydrogens is 576 g/mol. The SMILES string of the molecule is COc1cccc(C(=O)NC2CC3CCC(C2)N3c2ccc(C(=O)NCc3ccc(N4CCN(CC(C)C)CC4)cc3)cn2)c1C. The maximum absolute atomic E-state index is 13.1. The number of fused-ring (bicyclic) bond motifs is 2. The van der Waals surface area contributed by atoms with Gasteiger partial charge in [-0.3, -0.25) is 14.5 Å². The number of nitrogens with one attached hydrogen (secondary N) is 2. The number of carbonyl (C=O) groups excluding carboxylic acids is 2. The highest BCUT2D eigenvalue weighted by atomic mass is 16.5. The Balaban J connectivity index is 0.987. The fourth-order valence-electron chi connectivity index (χ4n) is 7.50. The van der Waals surface area contributed by atoms with Crippen molar-refractivity contribution in [3.05, 3.63) is 83.0 Å². The van der Waals surface area contributed by atoms with Gasteiger partial charge in [-0.15, -0.1) is 0 Å². The lowest BCUT2D eigenvalue weighted by Gasteiger charge is -2.40. The van der Waals surface area contributed by atoms with Crippen LogP contribution in [0.3, 0.4) is 0 Å². The molecule has 0 spiro atoms. The molecule has 3 aromatic rings. The van der Waals surface area contributed by atoms with Gasteiger partial charge in [-0.05, 0) is 80.5 Å². The number of benzene rings is 2. The summed E-state index contributed by atoms with van der Waals surface area (Å²) in [7, 11) is 1.63. The van der Waals surface area contributed by atoms with Crippen LogP contribution in [0.15, 0.2) is 60.8 Å². The average Bonchev–Trinajstić information content (AvgIpc) is 3.33. The van der Waals surface area contributed by atoms with Crippen LogP contribution in [0.2, 0.25) is 0 Å². The molecule has 3 saturated heterocycles. The molecule has 244 valence electrons. The molecule has 3 aliphatic heterocycles. The largest absolute Gasteiger partial charge is 0.496 e. The number of piperidine rings is 1. The van der Waals surface area contributed by atoms with E-state index < -0.39 is 0 Å². The first kappa shape index (κ1) is 31.9. The Morgan fingerprint density at radius 3 is 2.28 bits per heavy atom. The summed E-state index contributed by atoms with van der Waals surface area (Å²) in [6, 6.07) is 18.7. The minimum atomic E-state index is -0.123. The smallest absolute Gasteiger partial charge is 0.253 e. The third-order valence-corrected chi connectivity index (χ3v) is 9.84. The highest BCUT2D eigenvalue weighted by molar-refractivity contribution is 5.96. The monoisotopic (exact) mass is 624 g/mol. The van der Waals surface area contributed by atoms with Gasteiger partial charge in [0.05, 0.1) is 12.7 Å². The summed E-state index contributed by atoms with van der Waals surface area (Å²) >= 11 is 0. The summed E-state index contributed by atoms with van der Waals surface area (Å²) in [5, 5.41) is 6.33. The number of amides is 2. The van der Waals surface area contributed by atoms with Crippen LogP contribution in [0, 0.1) is 12.8 Å². The maximum atomic E-state index is 13.1. The fourth-order valence-corrected chi connectivity index (χ4v) is 7.50. The van der Waals surface area contributed by atoms with Gasteiger partial charge in [0.1, 0.15) is 11.6 Å². The standard InChI is InChI=1S/C37H48N6O3/c1-25(2)24-41-16-18-42(19-17-41)30-11-8-27(9-12-30)22-39-36(44)28-10-15-35(38-23-28)43-31-13-14-32(43)21-29(20-31)40-37(45)33-6-5-7-34(46-4)26(33)3/h5-12,15,23,25,29,31-32H,13-14,16-22,24H2,1-4H3,(H,39,44)(H,40,45). The summed E-state index contributed by atoms with van der Waals surface area (Å²) < 4.78 is 5.40. The summed E-state index contributed by atoms with van der Waals surface area (Å²) in [5.74, 6) is 2.15. The number of hydrogen-bond donors (Lipinski definition) is 2. The van der Waals surface area contributed by atoms with Crippen LogP contribution in [-0.2, 0) is 6.54 Å². The van der Waals surface area contributed by atoms with Crippen LogP contribution in [0.25, 0.3) is 0 Å².